The lowest BCUT2D eigenvalue weighted by Gasteiger charge is -2.13. The Labute approximate surface area is 179 Å². The summed E-state index contributed by atoms with van der Waals surface area (Å²) in [6.45, 7) is 5.08. The van der Waals surface area contributed by atoms with Crippen molar-refractivity contribution in [2.45, 2.75) is 20.8 Å². The molecule has 31 heavy (non-hydrogen) atoms. The average Bonchev–Trinajstić information content (AvgIpc) is 2.73. The Kier molecular flexibility index (Phi) is 8.38. The van der Waals surface area contributed by atoms with E-state index >= 15 is 0 Å². The summed E-state index contributed by atoms with van der Waals surface area (Å²) in [7, 11) is 0. The zero-order chi connectivity index (χ0) is 22.8. The highest BCUT2D eigenvalue weighted by Crippen LogP contribution is 2.24. The van der Waals surface area contributed by atoms with Gasteiger partial charge in [0.05, 0.1) is 12.3 Å². The van der Waals surface area contributed by atoms with Gasteiger partial charge >= 0.3 is 17.9 Å². The van der Waals surface area contributed by atoms with E-state index in [2.05, 4.69) is 20.8 Å². The second-order valence-corrected chi connectivity index (χ2v) is 6.41. The van der Waals surface area contributed by atoms with E-state index in [0.29, 0.717) is 5.69 Å². The van der Waals surface area contributed by atoms with Crippen molar-refractivity contribution in [1.29, 1.82) is 0 Å². The van der Waals surface area contributed by atoms with Gasteiger partial charge in [-0.05, 0) is 44.5 Å². The highest BCUT2D eigenvalue weighted by molar-refractivity contribution is 6.43. The molecule has 0 radical (unpaired) electrons. The maximum Gasteiger partial charge on any atom is 0.426 e. The number of para-hydroxylation sites is 2. The molecule has 0 heterocycles. The Morgan fingerprint density at radius 1 is 0.871 bits per heavy atom. The third-order valence-corrected chi connectivity index (χ3v) is 3.91. The van der Waals surface area contributed by atoms with Gasteiger partial charge < -0.3 is 20.1 Å². The number of carbonyl (C=O) groups is 4. The van der Waals surface area contributed by atoms with Crippen LogP contribution in [0.1, 0.15) is 18.1 Å². The van der Waals surface area contributed by atoms with E-state index in [1.165, 1.54) is 12.1 Å². The molecule has 0 bridgehead atoms. The van der Waals surface area contributed by atoms with Gasteiger partial charge in [0.1, 0.15) is 5.75 Å². The summed E-state index contributed by atoms with van der Waals surface area (Å²) in [5, 5.41) is 5.01. The number of ether oxygens (including phenoxy) is 2. The molecule has 2 aromatic carbocycles. The van der Waals surface area contributed by atoms with Crippen molar-refractivity contribution in [1.82, 2.24) is 10.9 Å². The molecule has 0 saturated carbocycles. The molecule has 0 spiro atoms. The van der Waals surface area contributed by atoms with Gasteiger partial charge in [0.2, 0.25) is 0 Å². The van der Waals surface area contributed by atoms with Gasteiger partial charge in [0, 0.05) is 5.69 Å². The molecule has 0 unspecified atom stereocenters. The minimum atomic E-state index is -0.899. The predicted molar refractivity (Wildman–Crippen MR) is 113 cm³/mol. The Balaban J connectivity index is 1.93. The molecule has 0 atom stereocenters. The largest absolute Gasteiger partial charge is 0.482 e. The van der Waals surface area contributed by atoms with Crippen molar-refractivity contribution >= 4 is 35.2 Å². The number of amides is 4. The molecule has 0 saturated heterocycles. The third-order valence-electron chi connectivity index (χ3n) is 3.91. The van der Waals surface area contributed by atoms with E-state index in [9.17, 15) is 19.2 Å². The maximum atomic E-state index is 12.3. The van der Waals surface area contributed by atoms with E-state index < -0.39 is 30.4 Å². The third kappa shape index (κ3) is 7.35. The molecule has 0 aliphatic heterocycles. The average molecular weight is 428 g/mol. The van der Waals surface area contributed by atoms with Gasteiger partial charge in [0.25, 0.3) is 5.91 Å². The normalized spacial score (nSPS) is 9.90. The summed E-state index contributed by atoms with van der Waals surface area (Å²) >= 11 is 0. The second kappa shape index (κ2) is 11.2. The molecule has 0 aliphatic carbocycles. The van der Waals surface area contributed by atoms with E-state index in [-0.39, 0.29) is 18.0 Å². The minimum absolute atomic E-state index is 0.155. The van der Waals surface area contributed by atoms with Crippen molar-refractivity contribution in [2.24, 2.45) is 0 Å². The molecule has 4 amide bonds. The molecular weight excluding hydrogens is 404 g/mol. The highest BCUT2D eigenvalue weighted by atomic mass is 16.6. The van der Waals surface area contributed by atoms with Gasteiger partial charge in [0.15, 0.2) is 6.61 Å². The number of nitrogens with one attached hydrogen (secondary N) is 4. The fraction of sp³-hybridized carbons (Fsp3) is 0.238. The summed E-state index contributed by atoms with van der Waals surface area (Å²) in [6.07, 6.45) is -0.807. The quantitative estimate of drug-likeness (QED) is 0.411. The number of benzene rings is 2. The first-order valence-corrected chi connectivity index (χ1v) is 9.43. The van der Waals surface area contributed by atoms with Gasteiger partial charge in [-0.3, -0.25) is 19.8 Å². The van der Waals surface area contributed by atoms with E-state index in [1.54, 1.807) is 25.1 Å². The van der Waals surface area contributed by atoms with Crippen LogP contribution in [0.5, 0.6) is 5.75 Å². The van der Waals surface area contributed by atoms with E-state index in [1.807, 2.05) is 31.4 Å². The van der Waals surface area contributed by atoms with Crippen LogP contribution in [-0.2, 0) is 19.1 Å². The molecule has 2 rings (SSSR count). The van der Waals surface area contributed by atoms with Crippen LogP contribution in [-0.4, -0.2) is 37.0 Å². The molecule has 0 aliphatic rings. The molecule has 4 N–H and O–H groups in total. The number of hydrazine groups is 1. The smallest absolute Gasteiger partial charge is 0.426 e. The van der Waals surface area contributed by atoms with Gasteiger partial charge in [-0.25, -0.2) is 10.2 Å². The zero-order valence-corrected chi connectivity index (χ0v) is 17.4. The van der Waals surface area contributed by atoms with Crippen LogP contribution in [0.3, 0.4) is 0 Å². The lowest BCUT2D eigenvalue weighted by molar-refractivity contribution is -0.133. The SMILES string of the molecule is CCOC(=O)NNC(=O)COc1ccccc1NC(=O)C(=O)Nc1ccc(C)cc1C. The summed E-state index contributed by atoms with van der Waals surface area (Å²) in [4.78, 5) is 47.5. The van der Waals surface area contributed by atoms with Crippen LogP contribution in [0.15, 0.2) is 42.5 Å². The topological polar surface area (TPSA) is 135 Å². The first-order valence-electron chi connectivity index (χ1n) is 9.43. The molecule has 164 valence electrons. The van der Waals surface area contributed by atoms with Crippen LogP contribution in [0.2, 0.25) is 0 Å². The standard InChI is InChI=1S/C21H24N4O6/c1-4-30-21(29)25-24-18(26)12-31-17-8-6-5-7-16(17)23-20(28)19(27)22-15-10-9-13(2)11-14(15)3/h5-11H,4,12H2,1-3H3,(H,22,27)(H,23,28)(H,24,26)(H,25,29). The Hall–Kier alpha value is -4.08. The van der Waals surface area contributed by atoms with Crippen molar-refractivity contribution in [3.05, 3.63) is 53.6 Å². The summed E-state index contributed by atoms with van der Waals surface area (Å²) in [5.74, 6) is -2.23. The summed E-state index contributed by atoms with van der Waals surface area (Å²) in [6, 6.07) is 11.7. The molecule has 0 aromatic heterocycles. The lowest BCUT2D eigenvalue weighted by atomic mass is 10.1. The van der Waals surface area contributed by atoms with Crippen molar-refractivity contribution in [2.75, 3.05) is 23.8 Å². The van der Waals surface area contributed by atoms with Crippen molar-refractivity contribution in [3.8, 4) is 5.75 Å². The zero-order valence-electron chi connectivity index (χ0n) is 17.4. The first kappa shape index (κ1) is 23.2. The Bertz CT molecular complexity index is 976. The first-order chi connectivity index (χ1) is 14.8. The van der Waals surface area contributed by atoms with Gasteiger partial charge in [-0.15, -0.1) is 0 Å². The fourth-order valence-corrected chi connectivity index (χ4v) is 2.48. The number of rotatable bonds is 6. The Morgan fingerprint density at radius 3 is 2.23 bits per heavy atom. The van der Waals surface area contributed by atoms with Gasteiger partial charge in [-0.1, -0.05) is 29.8 Å². The predicted octanol–water partition coefficient (Wildman–Crippen LogP) is 2.04. The van der Waals surface area contributed by atoms with Crippen LogP contribution in [0.25, 0.3) is 0 Å². The van der Waals surface area contributed by atoms with Crippen LogP contribution < -0.4 is 26.2 Å². The molecule has 0 fully saturated rings. The number of aryl methyl sites for hydroxylation is 2. The molecule has 2 aromatic rings. The number of carbonyl (C=O) groups excluding carboxylic acids is 4. The summed E-state index contributed by atoms with van der Waals surface area (Å²) < 4.78 is 9.98. The van der Waals surface area contributed by atoms with Crippen molar-refractivity contribution < 1.29 is 28.7 Å². The van der Waals surface area contributed by atoms with Crippen LogP contribution >= 0.6 is 0 Å². The number of hydrogen-bond donors (Lipinski definition) is 4. The second-order valence-electron chi connectivity index (χ2n) is 6.41. The van der Waals surface area contributed by atoms with E-state index in [4.69, 9.17) is 4.74 Å². The fourth-order valence-electron chi connectivity index (χ4n) is 2.48. The van der Waals surface area contributed by atoms with Crippen LogP contribution in [0, 0.1) is 13.8 Å². The highest BCUT2D eigenvalue weighted by Gasteiger charge is 2.17. The molecule has 10 nitrogen and oxygen atoms in total. The van der Waals surface area contributed by atoms with Crippen LogP contribution in [0.4, 0.5) is 16.2 Å². The lowest BCUT2D eigenvalue weighted by Crippen LogP contribution is -2.44. The minimum Gasteiger partial charge on any atom is -0.482 e. The monoisotopic (exact) mass is 428 g/mol. The van der Waals surface area contributed by atoms with Gasteiger partial charge in [-0.2, -0.15) is 0 Å². The summed E-state index contributed by atoms with van der Waals surface area (Å²) in [5.41, 5.74) is 6.75. The molecule has 10 heteroatoms. The van der Waals surface area contributed by atoms with Crippen molar-refractivity contribution in [3.63, 3.8) is 0 Å². The van der Waals surface area contributed by atoms with E-state index in [0.717, 1.165) is 11.1 Å². The molecular formula is C21H24N4O6. The number of anilines is 2. The number of hydrogen-bond acceptors (Lipinski definition) is 6. The maximum absolute atomic E-state index is 12.3. The Morgan fingerprint density at radius 2 is 1.55 bits per heavy atom.